The van der Waals surface area contributed by atoms with Gasteiger partial charge in [0.05, 0.1) is 0 Å². The summed E-state index contributed by atoms with van der Waals surface area (Å²) in [6.45, 7) is 5.23. The summed E-state index contributed by atoms with van der Waals surface area (Å²) in [5, 5.41) is 3.25. The van der Waals surface area contributed by atoms with Crippen molar-refractivity contribution >= 4 is 11.8 Å². The van der Waals surface area contributed by atoms with Crippen LogP contribution in [0.5, 0.6) is 0 Å². The van der Waals surface area contributed by atoms with Crippen LogP contribution in [0.4, 0.5) is 0 Å². The van der Waals surface area contributed by atoms with Crippen LogP contribution in [0, 0.1) is 0 Å². The van der Waals surface area contributed by atoms with Gasteiger partial charge in [-0.2, -0.15) is 0 Å². The van der Waals surface area contributed by atoms with Crippen molar-refractivity contribution in [1.82, 2.24) is 5.32 Å². The fourth-order valence-corrected chi connectivity index (χ4v) is 1.30. The standard InChI is InChI=1S/C4H9NS.C2H6/c1-2-5-4-6-3-1;1-2/h5H,1-4H2;1-2H3. The zero-order valence-electron chi connectivity index (χ0n) is 5.74. The summed E-state index contributed by atoms with van der Waals surface area (Å²) in [5.74, 6) is 2.52. The minimum absolute atomic E-state index is 1.17. The second-order valence-corrected chi connectivity index (χ2v) is 2.51. The molecule has 1 heterocycles. The summed E-state index contributed by atoms with van der Waals surface area (Å²) in [5.41, 5.74) is 0. The molecule has 1 rings (SSSR count). The molecule has 1 aliphatic rings. The van der Waals surface area contributed by atoms with Crippen molar-refractivity contribution in [3.05, 3.63) is 0 Å². The van der Waals surface area contributed by atoms with E-state index in [0.717, 1.165) is 0 Å². The van der Waals surface area contributed by atoms with Crippen molar-refractivity contribution in [2.75, 3.05) is 18.2 Å². The number of nitrogens with one attached hydrogen (secondary N) is 1. The maximum Gasteiger partial charge on any atom is 0.0417 e. The van der Waals surface area contributed by atoms with Crippen molar-refractivity contribution in [2.24, 2.45) is 0 Å². The first-order valence-corrected chi connectivity index (χ1v) is 4.44. The van der Waals surface area contributed by atoms with Crippen LogP contribution in [0.2, 0.25) is 0 Å². The van der Waals surface area contributed by atoms with Gasteiger partial charge in [0.15, 0.2) is 0 Å². The molecule has 0 atom stereocenters. The summed E-state index contributed by atoms with van der Waals surface area (Å²) >= 11 is 1.98. The lowest BCUT2D eigenvalue weighted by Gasteiger charge is -2.08. The van der Waals surface area contributed by atoms with Gasteiger partial charge in [-0.05, 0) is 18.7 Å². The molecule has 0 aliphatic carbocycles. The molecule has 0 aromatic heterocycles. The number of rotatable bonds is 0. The highest BCUT2D eigenvalue weighted by Gasteiger charge is 1.93. The van der Waals surface area contributed by atoms with Crippen molar-refractivity contribution in [3.8, 4) is 0 Å². The Balaban J connectivity index is 0.000000222. The fourth-order valence-electron chi connectivity index (χ4n) is 0.516. The molecule has 1 fully saturated rings. The summed E-state index contributed by atoms with van der Waals surface area (Å²) in [6, 6.07) is 0. The molecule has 0 bridgehead atoms. The molecule has 1 aliphatic heterocycles. The SMILES string of the molecule is C1CNCSC1.CC. The molecule has 0 saturated carbocycles. The molecular formula is C6H15NS. The van der Waals surface area contributed by atoms with E-state index in [1.165, 1.54) is 24.6 Å². The molecule has 50 valence electrons. The molecule has 0 amide bonds. The molecule has 0 aromatic rings. The zero-order valence-corrected chi connectivity index (χ0v) is 6.55. The molecule has 1 saturated heterocycles. The summed E-state index contributed by atoms with van der Waals surface area (Å²) < 4.78 is 0. The Morgan fingerprint density at radius 2 is 2.12 bits per heavy atom. The number of hydrogen-bond donors (Lipinski definition) is 1. The number of thioether (sulfide) groups is 1. The average Bonchev–Trinajstić information content (AvgIpc) is 1.96. The van der Waals surface area contributed by atoms with Gasteiger partial charge in [-0.3, -0.25) is 0 Å². The maximum atomic E-state index is 3.25. The van der Waals surface area contributed by atoms with Gasteiger partial charge < -0.3 is 5.32 Å². The summed E-state index contributed by atoms with van der Waals surface area (Å²) in [6.07, 6.45) is 1.35. The van der Waals surface area contributed by atoms with Gasteiger partial charge in [-0.15, -0.1) is 11.8 Å². The molecule has 8 heavy (non-hydrogen) atoms. The van der Waals surface area contributed by atoms with Crippen LogP contribution in [0.1, 0.15) is 20.3 Å². The van der Waals surface area contributed by atoms with E-state index in [0.29, 0.717) is 0 Å². The third kappa shape index (κ3) is 4.47. The van der Waals surface area contributed by atoms with Crippen LogP contribution < -0.4 is 5.32 Å². The molecule has 2 heteroatoms. The highest BCUT2D eigenvalue weighted by atomic mass is 32.2. The van der Waals surface area contributed by atoms with E-state index in [9.17, 15) is 0 Å². The van der Waals surface area contributed by atoms with Crippen LogP contribution >= 0.6 is 11.8 Å². The fraction of sp³-hybridized carbons (Fsp3) is 1.00. The van der Waals surface area contributed by atoms with Crippen molar-refractivity contribution < 1.29 is 0 Å². The molecule has 1 N–H and O–H groups in total. The minimum Gasteiger partial charge on any atom is -0.308 e. The van der Waals surface area contributed by atoms with Gasteiger partial charge in [0, 0.05) is 5.88 Å². The Morgan fingerprint density at radius 1 is 1.38 bits per heavy atom. The topological polar surface area (TPSA) is 12.0 Å². The van der Waals surface area contributed by atoms with E-state index in [-0.39, 0.29) is 0 Å². The Kier molecular flexibility index (Phi) is 7.59. The first-order chi connectivity index (χ1) is 4.00. The summed E-state index contributed by atoms with van der Waals surface area (Å²) in [4.78, 5) is 0. The number of hydrogen-bond acceptors (Lipinski definition) is 2. The smallest absolute Gasteiger partial charge is 0.0417 e. The van der Waals surface area contributed by atoms with Crippen LogP contribution in [-0.2, 0) is 0 Å². The Labute approximate surface area is 56.2 Å². The second kappa shape index (κ2) is 7.31. The van der Waals surface area contributed by atoms with Crippen molar-refractivity contribution in [2.45, 2.75) is 20.3 Å². The van der Waals surface area contributed by atoms with E-state index >= 15 is 0 Å². The van der Waals surface area contributed by atoms with Gasteiger partial charge in [0.1, 0.15) is 0 Å². The maximum absolute atomic E-state index is 3.25. The van der Waals surface area contributed by atoms with E-state index < -0.39 is 0 Å². The Bertz CT molecular complexity index is 24.0. The zero-order chi connectivity index (χ0) is 6.24. The van der Waals surface area contributed by atoms with Crippen LogP contribution in [0.25, 0.3) is 0 Å². The lowest BCUT2D eigenvalue weighted by atomic mass is 10.5. The van der Waals surface area contributed by atoms with E-state index in [2.05, 4.69) is 5.32 Å². The third-order valence-electron chi connectivity index (χ3n) is 0.846. The Morgan fingerprint density at radius 3 is 2.25 bits per heavy atom. The van der Waals surface area contributed by atoms with Crippen molar-refractivity contribution in [1.29, 1.82) is 0 Å². The highest BCUT2D eigenvalue weighted by molar-refractivity contribution is 7.99. The predicted octanol–water partition coefficient (Wildman–Crippen LogP) is 1.70. The van der Waals surface area contributed by atoms with Crippen LogP contribution in [0.15, 0.2) is 0 Å². The second-order valence-electron chi connectivity index (χ2n) is 1.41. The normalized spacial score (nSPS) is 18.8. The molecule has 0 unspecified atom stereocenters. The van der Waals surface area contributed by atoms with Gasteiger partial charge >= 0.3 is 0 Å². The van der Waals surface area contributed by atoms with Crippen molar-refractivity contribution in [3.63, 3.8) is 0 Å². The minimum atomic E-state index is 1.17. The lowest BCUT2D eigenvalue weighted by molar-refractivity contribution is 0.740. The Hall–Kier alpha value is 0.310. The summed E-state index contributed by atoms with van der Waals surface area (Å²) in [7, 11) is 0. The van der Waals surface area contributed by atoms with Gasteiger partial charge in [-0.25, -0.2) is 0 Å². The monoisotopic (exact) mass is 133 g/mol. The first kappa shape index (κ1) is 8.31. The molecule has 0 aromatic carbocycles. The lowest BCUT2D eigenvalue weighted by Crippen LogP contribution is -2.19. The highest BCUT2D eigenvalue weighted by Crippen LogP contribution is 2.02. The predicted molar refractivity (Wildman–Crippen MR) is 41.3 cm³/mol. The van der Waals surface area contributed by atoms with Crippen LogP contribution in [0.3, 0.4) is 0 Å². The van der Waals surface area contributed by atoms with E-state index in [1.54, 1.807) is 0 Å². The van der Waals surface area contributed by atoms with Gasteiger partial charge in [0.25, 0.3) is 0 Å². The molecular weight excluding hydrogens is 118 g/mol. The quantitative estimate of drug-likeness (QED) is 0.540. The van der Waals surface area contributed by atoms with Crippen LogP contribution in [-0.4, -0.2) is 18.2 Å². The van der Waals surface area contributed by atoms with Gasteiger partial charge in [-0.1, -0.05) is 13.8 Å². The molecule has 0 radical (unpaired) electrons. The average molecular weight is 133 g/mol. The molecule has 0 spiro atoms. The van der Waals surface area contributed by atoms with Gasteiger partial charge in [0.2, 0.25) is 0 Å². The van der Waals surface area contributed by atoms with E-state index in [1.807, 2.05) is 25.6 Å². The largest absolute Gasteiger partial charge is 0.308 e. The first-order valence-electron chi connectivity index (χ1n) is 3.28. The molecule has 1 nitrogen and oxygen atoms in total. The third-order valence-corrected chi connectivity index (χ3v) is 1.83. The van der Waals surface area contributed by atoms with E-state index in [4.69, 9.17) is 0 Å².